The number of aromatic nitrogens is 2. The topological polar surface area (TPSA) is 94.1 Å². The minimum atomic E-state index is -0.951. The molecule has 0 saturated carbocycles. The lowest BCUT2D eigenvalue weighted by Crippen LogP contribution is -2.44. The fraction of sp³-hybridized carbons (Fsp3) is 0.516. The molecule has 4 aliphatic rings. The zero-order valence-corrected chi connectivity index (χ0v) is 23.3. The molecule has 9 nitrogen and oxygen atoms in total. The molecule has 3 saturated heterocycles. The van der Waals surface area contributed by atoms with E-state index < -0.39 is 6.09 Å². The molecule has 40 heavy (non-hydrogen) atoms. The van der Waals surface area contributed by atoms with Crippen LogP contribution in [0.1, 0.15) is 48.9 Å². The molecular weight excluding hydrogens is 504 g/mol. The van der Waals surface area contributed by atoms with E-state index in [1.165, 1.54) is 34.0 Å². The third kappa shape index (κ3) is 4.40. The normalized spacial score (nSPS) is 25.9. The lowest BCUT2D eigenvalue weighted by atomic mass is 9.96. The first-order valence-electron chi connectivity index (χ1n) is 14.7. The fourth-order valence-corrected chi connectivity index (χ4v) is 7.63. The second kappa shape index (κ2) is 10.1. The van der Waals surface area contributed by atoms with Crippen molar-refractivity contribution in [3.8, 4) is 6.01 Å². The van der Waals surface area contributed by atoms with Crippen LogP contribution in [-0.2, 0) is 13.0 Å². The van der Waals surface area contributed by atoms with Gasteiger partial charge in [-0.3, -0.25) is 0 Å². The van der Waals surface area contributed by atoms with Crippen LogP contribution in [0.3, 0.4) is 0 Å². The lowest BCUT2D eigenvalue weighted by molar-refractivity contribution is 0.186. The van der Waals surface area contributed by atoms with Gasteiger partial charge in [0.25, 0.3) is 0 Å². The van der Waals surface area contributed by atoms with Crippen LogP contribution in [-0.4, -0.2) is 77.0 Å². The number of benzene rings is 2. The number of hydrogen-bond acceptors (Lipinski definition) is 7. The molecule has 0 spiro atoms. The highest BCUT2D eigenvalue weighted by molar-refractivity contribution is 5.97. The van der Waals surface area contributed by atoms with E-state index in [1.807, 2.05) is 0 Å². The molecule has 4 atom stereocenters. The van der Waals surface area contributed by atoms with Crippen molar-refractivity contribution in [3.05, 3.63) is 53.2 Å². The Morgan fingerprint density at radius 3 is 2.77 bits per heavy atom. The molecule has 0 aliphatic carbocycles. The van der Waals surface area contributed by atoms with E-state index in [2.05, 4.69) is 70.4 Å². The van der Waals surface area contributed by atoms with Gasteiger partial charge in [-0.1, -0.05) is 30.3 Å². The van der Waals surface area contributed by atoms with Crippen LogP contribution in [0.15, 0.2) is 36.4 Å². The van der Waals surface area contributed by atoms with Crippen LogP contribution < -0.4 is 19.9 Å². The van der Waals surface area contributed by atoms with E-state index in [0.29, 0.717) is 25.2 Å². The highest BCUT2D eigenvalue weighted by Gasteiger charge is 2.48. The van der Waals surface area contributed by atoms with Crippen molar-refractivity contribution in [2.24, 2.45) is 0 Å². The fourth-order valence-electron chi connectivity index (χ4n) is 7.63. The average molecular weight is 543 g/mol. The van der Waals surface area contributed by atoms with Crippen molar-refractivity contribution in [1.82, 2.24) is 20.2 Å². The molecule has 1 amide bonds. The number of fused-ring (bicyclic) bond motifs is 4. The summed E-state index contributed by atoms with van der Waals surface area (Å²) in [6.07, 6.45) is 5.06. The summed E-state index contributed by atoms with van der Waals surface area (Å²) < 4.78 is 6.32. The molecule has 210 valence electrons. The van der Waals surface area contributed by atoms with Crippen LogP contribution in [0, 0.1) is 6.92 Å². The first-order valence-corrected chi connectivity index (χ1v) is 14.7. The molecule has 5 heterocycles. The first-order chi connectivity index (χ1) is 19.5. The number of rotatable bonds is 6. The number of anilines is 2. The maximum Gasteiger partial charge on any atom is 0.404 e. The summed E-state index contributed by atoms with van der Waals surface area (Å²) in [5.74, 6) is 0.954. The molecule has 3 aromatic rings. The molecule has 9 heteroatoms. The number of carbonyl (C=O) groups is 1. The van der Waals surface area contributed by atoms with E-state index in [4.69, 9.17) is 14.7 Å². The Morgan fingerprint density at radius 2 is 1.98 bits per heavy atom. The summed E-state index contributed by atoms with van der Waals surface area (Å²) in [6, 6.07) is 14.2. The largest absolute Gasteiger partial charge is 0.465 e. The van der Waals surface area contributed by atoms with Gasteiger partial charge in [0.15, 0.2) is 0 Å². The average Bonchev–Trinajstić information content (AvgIpc) is 3.64. The van der Waals surface area contributed by atoms with Crippen molar-refractivity contribution in [3.63, 3.8) is 0 Å². The van der Waals surface area contributed by atoms with Crippen molar-refractivity contribution in [2.75, 3.05) is 36.5 Å². The number of nitrogens with one attached hydrogen (secondary N) is 1. The highest BCUT2D eigenvalue weighted by atomic mass is 16.5. The predicted molar refractivity (Wildman–Crippen MR) is 155 cm³/mol. The quantitative estimate of drug-likeness (QED) is 0.475. The third-order valence-electron chi connectivity index (χ3n) is 9.62. The number of carboxylic acid groups (broad SMARTS) is 1. The Bertz CT molecular complexity index is 1440. The number of ether oxygens (including phenoxy) is 1. The summed E-state index contributed by atoms with van der Waals surface area (Å²) >= 11 is 0. The lowest BCUT2D eigenvalue weighted by Gasteiger charge is -2.35. The van der Waals surface area contributed by atoms with Gasteiger partial charge in [0.05, 0.1) is 24.3 Å². The molecule has 7 rings (SSSR count). The summed E-state index contributed by atoms with van der Waals surface area (Å²) in [6.45, 7) is 5.43. The molecule has 3 fully saturated rings. The summed E-state index contributed by atoms with van der Waals surface area (Å²) in [5, 5.41) is 14.8. The van der Waals surface area contributed by atoms with E-state index in [0.717, 1.165) is 56.7 Å². The third-order valence-corrected chi connectivity index (χ3v) is 9.62. The molecule has 1 aromatic heterocycles. The Kier molecular flexibility index (Phi) is 6.41. The van der Waals surface area contributed by atoms with E-state index >= 15 is 0 Å². The van der Waals surface area contributed by atoms with Gasteiger partial charge in [-0.25, -0.2) is 4.79 Å². The van der Waals surface area contributed by atoms with Gasteiger partial charge in [0, 0.05) is 35.3 Å². The Hall–Kier alpha value is -3.59. The minimum absolute atomic E-state index is 0.0721. The van der Waals surface area contributed by atoms with Gasteiger partial charge >= 0.3 is 12.1 Å². The summed E-state index contributed by atoms with van der Waals surface area (Å²) in [5.41, 5.74) is 4.72. The predicted octanol–water partition coefficient (Wildman–Crippen LogP) is 4.35. The number of likely N-dealkylation sites (tertiary alicyclic amines) is 1. The first kappa shape index (κ1) is 25.4. The van der Waals surface area contributed by atoms with E-state index in [1.54, 1.807) is 0 Å². The second-order valence-corrected chi connectivity index (χ2v) is 12.0. The summed E-state index contributed by atoms with van der Waals surface area (Å²) in [4.78, 5) is 28.8. The van der Waals surface area contributed by atoms with Crippen LogP contribution in [0.4, 0.5) is 16.3 Å². The molecule has 2 N–H and O–H groups in total. The van der Waals surface area contributed by atoms with Crippen molar-refractivity contribution in [1.29, 1.82) is 0 Å². The van der Waals surface area contributed by atoms with E-state index in [9.17, 15) is 9.90 Å². The Labute approximate surface area is 235 Å². The van der Waals surface area contributed by atoms with Gasteiger partial charge in [-0.15, -0.1) is 0 Å². The number of hydrogen-bond donors (Lipinski definition) is 2. The van der Waals surface area contributed by atoms with Gasteiger partial charge in [-0.05, 0) is 76.1 Å². The van der Waals surface area contributed by atoms with Crippen LogP contribution in [0.2, 0.25) is 0 Å². The molecule has 4 aliphatic heterocycles. The number of nitrogens with zero attached hydrogens (tertiary/aromatic N) is 5. The Morgan fingerprint density at radius 1 is 1.12 bits per heavy atom. The van der Waals surface area contributed by atoms with Crippen LogP contribution in [0.5, 0.6) is 6.01 Å². The molecule has 2 aromatic carbocycles. The minimum Gasteiger partial charge on any atom is -0.465 e. The zero-order chi connectivity index (χ0) is 27.4. The van der Waals surface area contributed by atoms with Gasteiger partial charge in [0.2, 0.25) is 0 Å². The summed E-state index contributed by atoms with van der Waals surface area (Å²) in [7, 11) is 2.15. The smallest absolute Gasteiger partial charge is 0.404 e. The highest BCUT2D eigenvalue weighted by Crippen LogP contribution is 2.44. The van der Waals surface area contributed by atoms with Crippen LogP contribution in [0.25, 0.3) is 10.8 Å². The standard InChI is InChI=1S/C31H38N6O3/c1-19-6-3-7-20-8-4-10-27(28(19)20)36-15-13-23-25(17-36)32-30(40-18-22-9-5-14-35(22)2)34-29(23)37-21-11-12-26(37)24(16-21)33-31(38)39/h3-4,6-8,10,21-22,24,26,33H,5,9,11-18H2,1-2H3,(H,38,39). The monoisotopic (exact) mass is 542 g/mol. The number of amides is 1. The number of aryl methyl sites for hydroxylation is 1. The molecule has 4 unspecified atom stereocenters. The van der Waals surface area contributed by atoms with Crippen molar-refractivity contribution >= 4 is 28.4 Å². The molecular formula is C31H38N6O3. The maximum absolute atomic E-state index is 11.5. The maximum atomic E-state index is 11.5. The van der Waals surface area contributed by atoms with Gasteiger partial charge in [0.1, 0.15) is 12.4 Å². The molecule has 2 bridgehead atoms. The van der Waals surface area contributed by atoms with Crippen molar-refractivity contribution in [2.45, 2.75) is 76.2 Å². The van der Waals surface area contributed by atoms with Crippen molar-refractivity contribution < 1.29 is 14.6 Å². The Balaban J connectivity index is 1.24. The molecule has 0 radical (unpaired) electrons. The van der Waals surface area contributed by atoms with Gasteiger partial charge < -0.3 is 29.9 Å². The number of likely N-dealkylation sites (N-methyl/N-ethyl adjacent to an activating group) is 1. The van der Waals surface area contributed by atoms with E-state index in [-0.39, 0.29) is 18.1 Å². The second-order valence-electron chi connectivity index (χ2n) is 12.0. The van der Waals surface area contributed by atoms with Gasteiger partial charge in [-0.2, -0.15) is 9.97 Å². The van der Waals surface area contributed by atoms with Crippen LogP contribution >= 0.6 is 0 Å². The SMILES string of the molecule is Cc1cccc2cccc(N3CCc4c(nc(OCC5CCCN5C)nc4N4C5CCC4C(NC(=O)O)C5)C3)c12. The zero-order valence-electron chi connectivity index (χ0n) is 23.3.